The number of hydrogen-bond donors (Lipinski definition) is 2. The zero-order valence-electron chi connectivity index (χ0n) is 8.36. The van der Waals surface area contributed by atoms with E-state index in [4.69, 9.17) is 11.5 Å². The highest BCUT2D eigenvalue weighted by Gasteiger charge is 2.32. The Balaban J connectivity index is 3.06. The molecule has 0 saturated carbocycles. The summed E-state index contributed by atoms with van der Waals surface area (Å²) in [5.41, 5.74) is 11.1. The fourth-order valence-corrected chi connectivity index (χ4v) is 1.54. The lowest BCUT2D eigenvalue weighted by atomic mass is 9.86. The Morgan fingerprint density at radius 3 is 2.36 bits per heavy atom. The molecule has 3 heteroatoms. The quantitative estimate of drug-likeness (QED) is 0.750. The van der Waals surface area contributed by atoms with Gasteiger partial charge in [-0.05, 0) is 12.0 Å². The topological polar surface area (TPSA) is 69.1 Å². The predicted octanol–water partition coefficient (Wildman–Crippen LogP) is 1.13. The Kier molecular flexibility index (Phi) is 3.25. The van der Waals surface area contributed by atoms with Crippen molar-refractivity contribution in [2.24, 2.45) is 11.5 Å². The fourth-order valence-electron chi connectivity index (χ4n) is 1.54. The second-order valence-corrected chi connectivity index (χ2v) is 3.45. The van der Waals surface area contributed by atoms with Crippen molar-refractivity contribution >= 4 is 5.91 Å². The van der Waals surface area contributed by atoms with Crippen LogP contribution >= 0.6 is 0 Å². The first-order chi connectivity index (χ1) is 6.61. The van der Waals surface area contributed by atoms with Gasteiger partial charge in [0.15, 0.2) is 0 Å². The molecule has 1 aromatic rings. The summed E-state index contributed by atoms with van der Waals surface area (Å²) in [7, 11) is 0. The lowest BCUT2D eigenvalue weighted by molar-refractivity contribution is -0.123. The zero-order chi connectivity index (χ0) is 10.6. The highest BCUT2D eigenvalue weighted by molar-refractivity contribution is 5.85. The number of rotatable bonds is 4. The smallest absolute Gasteiger partial charge is 0.242 e. The maximum absolute atomic E-state index is 11.3. The Bertz CT molecular complexity index is 310. The largest absolute Gasteiger partial charge is 0.368 e. The lowest BCUT2D eigenvalue weighted by Crippen LogP contribution is -2.48. The molecule has 0 spiro atoms. The molecule has 0 aliphatic rings. The van der Waals surface area contributed by atoms with Crippen LogP contribution in [0.3, 0.4) is 0 Å². The number of amides is 1. The van der Waals surface area contributed by atoms with Gasteiger partial charge in [0, 0.05) is 0 Å². The van der Waals surface area contributed by atoms with Crippen LogP contribution in [0.4, 0.5) is 0 Å². The molecule has 4 N–H and O–H groups in total. The third-order valence-corrected chi connectivity index (χ3v) is 2.37. The Morgan fingerprint density at radius 1 is 1.36 bits per heavy atom. The van der Waals surface area contributed by atoms with Crippen LogP contribution in [0.2, 0.25) is 0 Å². The van der Waals surface area contributed by atoms with Crippen LogP contribution in [0.25, 0.3) is 0 Å². The Hall–Kier alpha value is -1.35. The van der Waals surface area contributed by atoms with Crippen molar-refractivity contribution in [1.29, 1.82) is 0 Å². The van der Waals surface area contributed by atoms with Crippen molar-refractivity contribution in [3.8, 4) is 0 Å². The molecule has 0 bridgehead atoms. The fraction of sp³-hybridized carbons (Fsp3) is 0.364. The third-order valence-electron chi connectivity index (χ3n) is 2.37. The molecule has 0 radical (unpaired) electrons. The normalized spacial score (nSPS) is 14.7. The van der Waals surface area contributed by atoms with E-state index in [-0.39, 0.29) is 0 Å². The van der Waals surface area contributed by atoms with Gasteiger partial charge in [0.1, 0.15) is 5.54 Å². The van der Waals surface area contributed by atoms with E-state index in [1.165, 1.54) is 0 Å². The van der Waals surface area contributed by atoms with Gasteiger partial charge in [-0.3, -0.25) is 4.79 Å². The van der Waals surface area contributed by atoms with Gasteiger partial charge in [0.05, 0.1) is 0 Å². The molecular formula is C11H16N2O. The van der Waals surface area contributed by atoms with Crippen molar-refractivity contribution in [2.45, 2.75) is 25.3 Å². The summed E-state index contributed by atoms with van der Waals surface area (Å²) in [5.74, 6) is -0.467. The average Bonchev–Trinajstić information content (AvgIpc) is 2.19. The molecule has 0 heterocycles. The maximum Gasteiger partial charge on any atom is 0.242 e. The minimum Gasteiger partial charge on any atom is -0.368 e. The van der Waals surface area contributed by atoms with Crippen LogP contribution in [0.15, 0.2) is 30.3 Å². The van der Waals surface area contributed by atoms with Crippen molar-refractivity contribution < 1.29 is 4.79 Å². The number of hydrogen-bond acceptors (Lipinski definition) is 2. The van der Waals surface area contributed by atoms with Crippen molar-refractivity contribution in [1.82, 2.24) is 0 Å². The summed E-state index contributed by atoms with van der Waals surface area (Å²) in [5, 5.41) is 0. The van der Waals surface area contributed by atoms with Gasteiger partial charge in [-0.15, -0.1) is 0 Å². The summed E-state index contributed by atoms with van der Waals surface area (Å²) < 4.78 is 0. The Morgan fingerprint density at radius 2 is 1.93 bits per heavy atom. The minimum atomic E-state index is -1.02. The second kappa shape index (κ2) is 4.24. The van der Waals surface area contributed by atoms with E-state index in [1.54, 1.807) is 0 Å². The molecule has 1 aromatic carbocycles. The molecular weight excluding hydrogens is 176 g/mol. The van der Waals surface area contributed by atoms with Crippen molar-refractivity contribution in [3.63, 3.8) is 0 Å². The zero-order valence-corrected chi connectivity index (χ0v) is 8.36. The van der Waals surface area contributed by atoms with Gasteiger partial charge in [-0.1, -0.05) is 43.7 Å². The number of benzene rings is 1. The monoisotopic (exact) mass is 192 g/mol. The molecule has 0 aliphatic carbocycles. The molecule has 14 heavy (non-hydrogen) atoms. The first kappa shape index (κ1) is 10.7. The van der Waals surface area contributed by atoms with Crippen LogP contribution in [-0.2, 0) is 10.3 Å². The molecule has 0 saturated heterocycles. The minimum absolute atomic E-state index is 0.467. The van der Waals surface area contributed by atoms with Gasteiger partial charge in [0.25, 0.3) is 0 Å². The third kappa shape index (κ3) is 1.93. The van der Waals surface area contributed by atoms with E-state index in [2.05, 4.69) is 0 Å². The summed E-state index contributed by atoms with van der Waals surface area (Å²) in [6, 6.07) is 9.27. The highest BCUT2D eigenvalue weighted by Crippen LogP contribution is 2.22. The SMILES string of the molecule is CCCC(N)(C(N)=O)c1ccccc1. The molecule has 1 rings (SSSR count). The highest BCUT2D eigenvalue weighted by atomic mass is 16.1. The van der Waals surface area contributed by atoms with Crippen molar-refractivity contribution in [3.05, 3.63) is 35.9 Å². The molecule has 1 unspecified atom stereocenters. The number of carbonyl (C=O) groups is 1. The molecule has 0 aromatic heterocycles. The molecule has 3 nitrogen and oxygen atoms in total. The van der Waals surface area contributed by atoms with Crippen LogP contribution in [0, 0.1) is 0 Å². The van der Waals surface area contributed by atoms with Gasteiger partial charge >= 0.3 is 0 Å². The standard InChI is InChI=1S/C11H16N2O/c1-2-8-11(13,10(12)14)9-6-4-3-5-7-9/h3-7H,2,8,13H2,1H3,(H2,12,14). The molecule has 1 amide bonds. The molecule has 0 fully saturated rings. The van der Waals surface area contributed by atoms with E-state index < -0.39 is 11.4 Å². The van der Waals surface area contributed by atoms with Crippen LogP contribution in [0.1, 0.15) is 25.3 Å². The summed E-state index contributed by atoms with van der Waals surface area (Å²) in [4.78, 5) is 11.3. The van der Waals surface area contributed by atoms with Gasteiger partial charge < -0.3 is 11.5 Å². The number of primary amides is 1. The average molecular weight is 192 g/mol. The van der Waals surface area contributed by atoms with Crippen LogP contribution in [0.5, 0.6) is 0 Å². The van der Waals surface area contributed by atoms with Gasteiger partial charge in [0.2, 0.25) is 5.91 Å². The second-order valence-electron chi connectivity index (χ2n) is 3.45. The predicted molar refractivity (Wildman–Crippen MR) is 56.4 cm³/mol. The van der Waals surface area contributed by atoms with Crippen LogP contribution < -0.4 is 11.5 Å². The first-order valence-electron chi connectivity index (χ1n) is 4.75. The molecule has 1 atom stereocenters. The lowest BCUT2D eigenvalue weighted by Gasteiger charge is -2.25. The summed E-state index contributed by atoms with van der Waals surface area (Å²) >= 11 is 0. The van der Waals surface area contributed by atoms with E-state index in [0.29, 0.717) is 6.42 Å². The maximum atomic E-state index is 11.3. The number of carbonyl (C=O) groups excluding carboxylic acids is 1. The van der Waals surface area contributed by atoms with E-state index in [1.807, 2.05) is 37.3 Å². The van der Waals surface area contributed by atoms with Crippen molar-refractivity contribution in [2.75, 3.05) is 0 Å². The molecule has 76 valence electrons. The van der Waals surface area contributed by atoms with E-state index in [0.717, 1.165) is 12.0 Å². The summed E-state index contributed by atoms with van der Waals surface area (Å²) in [6.45, 7) is 1.98. The van der Waals surface area contributed by atoms with Gasteiger partial charge in [-0.2, -0.15) is 0 Å². The first-order valence-corrected chi connectivity index (χ1v) is 4.75. The summed E-state index contributed by atoms with van der Waals surface area (Å²) in [6.07, 6.45) is 1.40. The van der Waals surface area contributed by atoms with E-state index >= 15 is 0 Å². The van der Waals surface area contributed by atoms with Crippen LogP contribution in [-0.4, -0.2) is 5.91 Å². The van der Waals surface area contributed by atoms with E-state index in [9.17, 15) is 4.79 Å². The number of nitrogens with two attached hydrogens (primary N) is 2. The molecule has 0 aliphatic heterocycles. The van der Waals surface area contributed by atoms with Gasteiger partial charge in [-0.25, -0.2) is 0 Å². The Labute approximate surface area is 84.1 Å².